The highest BCUT2D eigenvalue weighted by molar-refractivity contribution is 5.41. The molecule has 1 saturated heterocycles. The minimum atomic E-state index is -2.49. The van der Waals surface area contributed by atoms with E-state index < -0.39 is 5.92 Å². The summed E-state index contributed by atoms with van der Waals surface area (Å²) in [4.78, 5) is 1.95. The van der Waals surface area contributed by atoms with Crippen LogP contribution in [-0.4, -0.2) is 37.1 Å². The first-order chi connectivity index (χ1) is 10.4. The van der Waals surface area contributed by atoms with Crippen molar-refractivity contribution in [2.45, 2.75) is 50.1 Å². The Morgan fingerprint density at radius 2 is 2.09 bits per heavy atom. The number of rotatable bonds is 4. The molecule has 1 aromatic rings. The highest BCUT2D eigenvalue weighted by Gasteiger charge is 2.44. The predicted octanol–water partition coefficient (Wildman–Crippen LogP) is 3.30. The molecule has 0 unspecified atom stereocenters. The SMILES string of the molecule is COc1cc(C2CC(N3CCC(F)(F)C3)C2)ccc1[C@H](C)N. The number of likely N-dealkylation sites (tertiary alicyclic amines) is 1. The molecule has 5 heteroatoms. The van der Waals surface area contributed by atoms with Gasteiger partial charge in [0.25, 0.3) is 5.92 Å². The van der Waals surface area contributed by atoms with Gasteiger partial charge in [0.1, 0.15) is 5.75 Å². The molecule has 1 saturated carbocycles. The van der Waals surface area contributed by atoms with Gasteiger partial charge in [-0.15, -0.1) is 0 Å². The molecule has 3 nitrogen and oxygen atoms in total. The van der Waals surface area contributed by atoms with Crippen LogP contribution >= 0.6 is 0 Å². The normalized spacial score (nSPS) is 29.1. The van der Waals surface area contributed by atoms with E-state index in [2.05, 4.69) is 12.1 Å². The van der Waals surface area contributed by atoms with E-state index in [9.17, 15) is 8.78 Å². The quantitative estimate of drug-likeness (QED) is 0.927. The number of nitrogens with zero attached hydrogens (tertiary/aromatic N) is 1. The van der Waals surface area contributed by atoms with Crippen molar-refractivity contribution in [2.24, 2.45) is 5.73 Å². The van der Waals surface area contributed by atoms with Crippen molar-refractivity contribution in [3.63, 3.8) is 0 Å². The molecule has 2 fully saturated rings. The molecule has 0 spiro atoms. The third-order valence-corrected chi connectivity index (χ3v) is 5.05. The van der Waals surface area contributed by atoms with E-state index in [1.54, 1.807) is 7.11 Å². The zero-order valence-electron chi connectivity index (χ0n) is 13.2. The van der Waals surface area contributed by atoms with Crippen molar-refractivity contribution in [1.82, 2.24) is 4.90 Å². The van der Waals surface area contributed by atoms with Gasteiger partial charge < -0.3 is 10.5 Å². The summed E-state index contributed by atoms with van der Waals surface area (Å²) >= 11 is 0. The lowest BCUT2D eigenvalue weighted by Crippen LogP contribution is -2.43. The largest absolute Gasteiger partial charge is 0.496 e. The first-order valence-electron chi connectivity index (χ1n) is 7.95. The first-order valence-corrected chi connectivity index (χ1v) is 7.95. The third-order valence-electron chi connectivity index (χ3n) is 5.05. The van der Waals surface area contributed by atoms with Crippen LogP contribution in [0.1, 0.15) is 49.3 Å². The summed E-state index contributed by atoms with van der Waals surface area (Å²) < 4.78 is 32.0. The average molecular weight is 310 g/mol. The van der Waals surface area contributed by atoms with E-state index in [1.807, 2.05) is 17.9 Å². The molecule has 1 atom stereocenters. The van der Waals surface area contributed by atoms with E-state index >= 15 is 0 Å². The number of nitrogens with two attached hydrogens (primary N) is 1. The van der Waals surface area contributed by atoms with Gasteiger partial charge in [0.15, 0.2) is 0 Å². The molecule has 3 rings (SSSR count). The summed E-state index contributed by atoms with van der Waals surface area (Å²) in [5.41, 5.74) is 8.16. The van der Waals surface area contributed by atoms with Gasteiger partial charge in [-0.05, 0) is 37.3 Å². The second-order valence-corrected chi connectivity index (χ2v) is 6.69. The van der Waals surface area contributed by atoms with E-state index in [4.69, 9.17) is 10.5 Å². The number of hydrogen-bond donors (Lipinski definition) is 1. The molecule has 0 aromatic heterocycles. The van der Waals surface area contributed by atoms with Gasteiger partial charge in [-0.3, -0.25) is 4.90 Å². The monoisotopic (exact) mass is 310 g/mol. The number of alkyl halides is 2. The molecule has 122 valence electrons. The third kappa shape index (κ3) is 2.97. The molecule has 2 aliphatic rings. The van der Waals surface area contributed by atoms with Crippen LogP contribution < -0.4 is 10.5 Å². The van der Waals surface area contributed by atoms with Crippen molar-refractivity contribution in [3.05, 3.63) is 29.3 Å². The number of hydrogen-bond acceptors (Lipinski definition) is 3. The molecular weight excluding hydrogens is 286 g/mol. The van der Waals surface area contributed by atoms with Crippen LogP contribution in [0.15, 0.2) is 18.2 Å². The van der Waals surface area contributed by atoms with E-state index in [1.165, 1.54) is 5.56 Å². The summed E-state index contributed by atoms with van der Waals surface area (Å²) in [6, 6.07) is 6.41. The van der Waals surface area contributed by atoms with Crippen LogP contribution in [0.2, 0.25) is 0 Å². The van der Waals surface area contributed by atoms with Crippen molar-refractivity contribution < 1.29 is 13.5 Å². The van der Waals surface area contributed by atoms with Gasteiger partial charge in [0, 0.05) is 30.6 Å². The second kappa shape index (κ2) is 5.78. The second-order valence-electron chi connectivity index (χ2n) is 6.69. The molecular formula is C17H24F2N2O. The zero-order valence-corrected chi connectivity index (χ0v) is 13.2. The fourth-order valence-electron chi connectivity index (χ4n) is 3.59. The molecule has 22 heavy (non-hydrogen) atoms. The van der Waals surface area contributed by atoms with Crippen LogP contribution in [0, 0.1) is 0 Å². The Labute approximate surface area is 130 Å². The Hall–Kier alpha value is -1.20. The predicted molar refractivity (Wildman–Crippen MR) is 82.5 cm³/mol. The van der Waals surface area contributed by atoms with Crippen molar-refractivity contribution >= 4 is 0 Å². The minimum absolute atomic E-state index is 0.00503. The Balaban J connectivity index is 1.63. The molecule has 1 aliphatic heterocycles. The minimum Gasteiger partial charge on any atom is -0.496 e. The van der Waals surface area contributed by atoms with Crippen LogP contribution in [0.25, 0.3) is 0 Å². The van der Waals surface area contributed by atoms with E-state index in [0.717, 1.165) is 24.2 Å². The summed E-state index contributed by atoms with van der Waals surface area (Å²) in [5, 5.41) is 0. The highest BCUT2D eigenvalue weighted by atomic mass is 19.3. The maximum Gasteiger partial charge on any atom is 0.261 e. The summed E-state index contributed by atoms with van der Waals surface area (Å²) in [6.45, 7) is 2.39. The zero-order chi connectivity index (χ0) is 15.9. The number of ether oxygens (including phenoxy) is 1. The first kappa shape index (κ1) is 15.7. The Morgan fingerprint density at radius 1 is 1.36 bits per heavy atom. The van der Waals surface area contributed by atoms with Crippen LogP contribution in [0.4, 0.5) is 8.78 Å². The van der Waals surface area contributed by atoms with Crippen LogP contribution in [0.3, 0.4) is 0 Å². The Kier molecular flexibility index (Phi) is 4.12. The molecule has 2 N–H and O–H groups in total. The van der Waals surface area contributed by atoms with E-state index in [-0.39, 0.29) is 19.0 Å². The van der Waals surface area contributed by atoms with Gasteiger partial charge in [0.2, 0.25) is 0 Å². The number of halogens is 2. The van der Waals surface area contributed by atoms with Gasteiger partial charge in [0.05, 0.1) is 13.7 Å². The number of methoxy groups -OCH3 is 1. The molecule has 1 aliphatic carbocycles. The fourth-order valence-corrected chi connectivity index (χ4v) is 3.59. The molecule has 1 aromatic carbocycles. The van der Waals surface area contributed by atoms with Gasteiger partial charge in [-0.2, -0.15) is 0 Å². The maximum absolute atomic E-state index is 13.3. The number of benzene rings is 1. The smallest absolute Gasteiger partial charge is 0.261 e. The van der Waals surface area contributed by atoms with Crippen LogP contribution in [0.5, 0.6) is 5.75 Å². The summed E-state index contributed by atoms with van der Waals surface area (Å²) in [6.07, 6.45) is 1.92. The van der Waals surface area contributed by atoms with Crippen molar-refractivity contribution in [1.29, 1.82) is 0 Å². The fraction of sp³-hybridized carbons (Fsp3) is 0.647. The maximum atomic E-state index is 13.3. The topological polar surface area (TPSA) is 38.5 Å². The molecule has 0 amide bonds. The summed E-state index contributed by atoms with van der Waals surface area (Å²) in [5.74, 6) is -1.23. The molecule has 0 radical (unpaired) electrons. The molecule has 1 heterocycles. The van der Waals surface area contributed by atoms with Crippen molar-refractivity contribution in [3.8, 4) is 5.75 Å². The lowest BCUT2D eigenvalue weighted by Gasteiger charge is -2.41. The highest BCUT2D eigenvalue weighted by Crippen LogP contribution is 2.44. The average Bonchev–Trinajstić information content (AvgIpc) is 2.76. The van der Waals surface area contributed by atoms with E-state index in [0.29, 0.717) is 18.5 Å². The van der Waals surface area contributed by atoms with Crippen molar-refractivity contribution in [2.75, 3.05) is 20.2 Å². The summed E-state index contributed by atoms with van der Waals surface area (Å²) in [7, 11) is 1.65. The van der Waals surface area contributed by atoms with Crippen LogP contribution in [-0.2, 0) is 0 Å². The van der Waals surface area contributed by atoms with Gasteiger partial charge in [-0.25, -0.2) is 8.78 Å². The van der Waals surface area contributed by atoms with Gasteiger partial charge in [-0.1, -0.05) is 12.1 Å². The Bertz CT molecular complexity index is 541. The molecule has 0 bridgehead atoms. The lowest BCUT2D eigenvalue weighted by molar-refractivity contribution is 0.000647. The standard InChI is InChI=1S/C17H24F2N2O/c1-11(20)15-4-3-12(9-16(15)22-2)13-7-14(8-13)21-6-5-17(18,19)10-21/h3-4,9,11,13-14H,5-8,10,20H2,1-2H3/t11-,13?,14?/m0/s1. The Morgan fingerprint density at radius 3 is 2.64 bits per heavy atom. The van der Waals surface area contributed by atoms with Gasteiger partial charge >= 0.3 is 0 Å². The lowest BCUT2D eigenvalue weighted by atomic mass is 9.75.